The molecule has 1 rings (SSSR count). The summed E-state index contributed by atoms with van der Waals surface area (Å²) >= 11 is 0. The van der Waals surface area contributed by atoms with Crippen LogP contribution in [0.4, 0.5) is 4.39 Å². The molecule has 4 nitrogen and oxygen atoms in total. The predicted octanol–water partition coefficient (Wildman–Crippen LogP) is 0.239. The fraction of sp³-hybridized carbons (Fsp3) is 0.857. The fourth-order valence-electron chi connectivity index (χ4n) is 1.29. The molecule has 0 N–H and O–H groups in total. The summed E-state index contributed by atoms with van der Waals surface area (Å²) in [7, 11) is -3.04. The molecule has 1 aliphatic heterocycles. The van der Waals surface area contributed by atoms with Crippen LogP contribution in [0.15, 0.2) is 4.99 Å². The average molecular weight is 207 g/mol. The van der Waals surface area contributed by atoms with Crippen molar-refractivity contribution in [2.75, 3.05) is 18.2 Å². The van der Waals surface area contributed by atoms with Crippen LogP contribution in [-0.2, 0) is 14.6 Å². The van der Waals surface area contributed by atoms with Crippen molar-refractivity contribution in [3.63, 3.8) is 0 Å². The van der Waals surface area contributed by atoms with Gasteiger partial charge >= 0.3 is 0 Å². The van der Waals surface area contributed by atoms with Crippen LogP contribution < -0.4 is 0 Å². The van der Waals surface area contributed by atoms with Gasteiger partial charge < -0.3 is 0 Å². The Labute approximate surface area is 75.8 Å². The quantitative estimate of drug-likeness (QED) is 0.481. The normalized spacial score (nSPS) is 24.7. The van der Waals surface area contributed by atoms with Crippen LogP contribution in [0.1, 0.15) is 12.8 Å². The van der Waals surface area contributed by atoms with E-state index in [4.69, 9.17) is 0 Å². The van der Waals surface area contributed by atoms with Crippen molar-refractivity contribution in [1.29, 1.82) is 0 Å². The van der Waals surface area contributed by atoms with E-state index in [-0.39, 0.29) is 24.3 Å². The number of carbonyl (C=O) groups excluding carboxylic acids is 1. The van der Waals surface area contributed by atoms with Crippen molar-refractivity contribution in [1.82, 2.24) is 0 Å². The number of halogens is 1. The molecule has 1 aliphatic rings. The first-order valence-electron chi connectivity index (χ1n) is 3.89. The van der Waals surface area contributed by atoms with Gasteiger partial charge in [0, 0.05) is 0 Å². The predicted molar refractivity (Wildman–Crippen MR) is 44.7 cm³/mol. The highest BCUT2D eigenvalue weighted by atomic mass is 32.2. The molecule has 0 aliphatic carbocycles. The third-order valence-electron chi connectivity index (χ3n) is 2.29. The number of rotatable bonds is 2. The molecular formula is C7H10FNO3S. The molecule has 0 atom stereocenters. The topological polar surface area (TPSA) is 63.6 Å². The number of isocyanates is 1. The third-order valence-corrected chi connectivity index (χ3v) is 3.94. The minimum atomic E-state index is -3.04. The molecule has 74 valence electrons. The van der Waals surface area contributed by atoms with E-state index in [2.05, 4.69) is 4.99 Å². The zero-order chi connectivity index (χ0) is 9.95. The minimum absolute atomic E-state index is 0.0844. The third kappa shape index (κ3) is 2.35. The molecule has 1 saturated heterocycles. The zero-order valence-electron chi connectivity index (χ0n) is 6.99. The van der Waals surface area contributed by atoms with Gasteiger partial charge in [-0.1, -0.05) is 0 Å². The molecule has 0 bridgehead atoms. The van der Waals surface area contributed by atoms with Crippen molar-refractivity contribution < 1.29 is 17.6 Å². The summed E-state index contributed by atoms with van der Waals surface area (Å²) in [5, 5.41) is 0. The second-order valence-corrected chi connectivity index (χ2v) is 5.52. The lowest BCUT2D eigenvalue weighted by molar-refractivity contribution is 0.285. The highest BCUT2D eigenvalue weighted by molar-refractivity contribution is 7.91. The van der Waals surface area contributed by atoms with Crippen molar-refractivity contribution in [3.05, 3.63) is 0 Å². The van der Waals surface area contributed by atoms with Crippen molar-refractivity contribution in [2.24, 2.45) is 4.99 Å². The van der Waals surface area contributed by atoms with E-state index < -0.39 is 22.1 Å². The van der Waals surface area contributed by atoms with Crippen molar-refractivity contribution in [3.8, 4) is 0 Å². The summed E-state index contributed by atoms with van der Waals surface area (Å²) in [5.41, 5.74) is -1.12. The molecule has 0 aromatic rings. The van der Waals surface area contributed by atoms with Crippen molar-refractivity contribution in [2.45, 2.75) is 18.4 Å². The summed E-state index contributed by atoms with van der Waals surface area (Å²) in [5.74, 6) is -0.190. The number of nitrogens with zero attached hydrogens (tertiary/aromatic N) is 1. The van der Waals surface area contributed by atoms with Gasteiger partial charge in [-0.25, -0.2) is 17.6 Å². The first-order chi connectivity index (χ1) is 6.04. The average Bonchev–Trinajstić information content (AvgIpc) is 2.10. The van der Waals surface area contributed by atoms with Crippen LogP contribution in [0.2, 0.25) is 0 Å². The summed E-state index contributed by atoms with van der Waals surface area (Å²) in [6.07, 6.45) is 1.47. The summed E-state index contributed by atoms with van der Waals surface area (Å²) in [6.45, 7) is -0.794. The van der Waals surface area contributed by atoms with Gasteiger partial charge in [-0.15, -0.1) is 0 Å². The summed E-state index contributed by atoms with van der Waals surface area (Å²) < 4.78 is 34.5. The smallest absolute Gasteiger partial charge is 0.235 e. The van der Waals surface area contributed by atoms with Gasteiger partial charge in [0.05, 0.1) is 11.5 Å². The number of hydrogen-bond donors (Lipinski definition) is 0. The maximum Gasteiger partial charge on any atom is 0.235 e. The minimum Gasteiger partial charge on any atom is -0.248 e. The molecular weight excluding hydrogens is 197 g/mol. The summed E-state index contributed by atoms with van der Waals surface area (Å²) in [4.78, 5) is 13.3. The molecule has 0 unspecified atom stereocenters. The Morgan fingerprint density at radius 2 is 1.92 bits per heavy atom. The van der Waals surface area contributed by atoms with Crippen LogP contribution in [0.5, 0.6) is 0 Å². The maximum absolute atomic E-state index is 12.5. The first-order valence-corrected chi connectivity index (χ1v) is 5.71. The van der Waals surface area contributed by atoms with E-state index >= 15 is 0 Å². The van der Waals surface area contributed by atoms with Crippen LogP contribution in [0.25, 0.3) is 0 Å². The van der Waals surface area contributed by atoms with Gasteiger partial charge in [0.1, 0.15) is 12.2 Å². The van der Waals surface area contributed by atoms with Gasteiger partial charge in [-0.3, -0.25) is 0 Å². The van der Waals surface area contributed by atoms with Gasteiger partial charge in [-0.2, -0.15) is 4.99 Å². The Bertz CT molecular complexity index is 318. The zero-order valence-corrected chi connectivity index (χ0v) is 7.81. The Kier molecular flexibility index (Phi) is 2.83. The molecule has 0 aromatic carbocycles. The number of aliphatic imine (C=N–C) groups is 1. The van der Waals surface area contributed by atoms with E-state index in [0.717, 1.165) is 0 Å². The monoisotopic (exact) mass is 207 g/mol. The Hall–Kier alpha value is -0.740. The van der Waals surface area contributed by atoms with Crippen LogP contribution in [0.3, 0.4) is 0 Å². The SMILES string of the molecule is O=C=NC1(CF)CCS(=O)(=O)CC1. The van der Waals surface area contributed by atoms with E-state index in [9.17, 15) is 17.6 Å². The number of hydrogen-bond acceptors (Lipinski definition) is 4. The fourth-order valence-corrected chi connectivity index (χ4v) is 2.88. The molecule has 13 heavy (non-hydrogen) atoms. The molecule has 0 aromatic heterocycles. The molecule has 0 spiro atoms. The second-order valence-electron chi connectivity index (χ2n) is 3.21. The second kappa shape index (κ2) is 3.55. The molecule has 0 radical (unpaired) electrons. The van der Waals surface area contributed by atoms with Gasteiger partial charge in [-0.05, 0) is 12.8 Å². The van der Waals surface area contributed by atoms with Gasteiger partial charge in [0.2, 0.25) is 6.08 Å². The van der Waals surface area contributed by atoms with Gasteiger partial charge in [0.15, 0.2) is 9.84 Å². The number of sulfone groups is 1. The lowest BCUT2D eigenvalue weighted by Gasteiger charge is -2.28. The molecule has 0 saturated carbocycles. The Balaban J connectivity index is 2.80. The number of alkyl halides is 1. The largest absolute Gasteiger partial charge is 0.248 e. The molecule has 1 fully saturated rings. The molecule has 0 amide bonds. The highest BCUT2D eigenvalue weighted by Crippen LogP contribution is 2.27. The van der Waals surface area contributed by atoms with Crippen molar-refractivity contribution >= 4 is 15.9 Å². The van der Waals surface area contributed by atoms with Crippen LogP contribution >= 0.6 is 0 Å². The molecule has 1 heterocycles. The summed E-state index contributed by atoms with van der Waals surface area (Å²) in [6, 6.07) is 0. The lowest BCUT2D eigenvalue weighted by Crippen LogP contribution is -2.39. The maximum atomic E-state index is 12.5. The highest BCUT2D eigenvalue weighted by Gasteiger charge is 2.37. The first kappa shape index (κ1) is 10.3. The standard InChI is InChI=1S/C7H10FNO3S/c8-5-7(9-6-10)1-3-13(11,12)4-2-7/h1-5H2. The Morgan fingerprint density at radius 3 is 2.31 bits per heavy atom. The Morgan fingerprint density at radius 1 is 1.38 bits per heavy atom. The lowest BCUT2D eigenvalue weighted by atomic mass is 9.95. The van der Waals surface area contributed by atoms with E-state index in [0.29, 0.717) is 0 Å². The van der Waals surface area contributed by atoms with E-state index in [1.54, 1.807) is 0 Å². The van der Waals surface area contributed by atoms with Gasteiger partial charge in [0.25, 0.3) is 0 Å². The van der Waals surface area contributed by atoms with E-state index in [1.165, 1.54) is 6.08 Å². The van der Waals surface area contributed by atoms with Crippen LogP contribution in [0, 0.1) is 0 Å². The van der Waals surface area contributed by atoms with Crippen LogP contribution in [-0.4, -0.2) is 38.2 Å². The van der Waals surface area contributed by atoms with E-state index in [1.807, 2.05) is 0 Å². The molecule has 6 heteroatoms.